The minimum absolute atomic E-state index is 0.0876. The van der Waals surface area contributed by atoms with E-state index in [2.05, 4.69) is 10.1 Å². The molecule has 1 aromatic carbocycles. The molecule has 0 aliphatic carbocycles. The lowest BCUT2D eigenvalue weighted by atomic mass is 10.1. The summed E-state index contributed by atoms with van der Waals surface area (Å²) in [4.78, 5) is 16.6. The van der Waals surface area contributed by atoms with Crippen LogP contribution in [0.3, 0.4) is 0 Å². The Morgan fingerprint density at radius 1 is 1.38 bits per heavy atom. The molecule has 7 nitrogen and oxygen atoms in total. The number of ketones is 1. The number of benzene rings is 1. The molecule has 0 saturated heterocycles. The number of hydrogen-bond donors (Lipinski definition) is 2. The van der Waals surface area contributed by atoms with Crippen molar-refractivity contribution in [2.45, 2.75) is 6.04 Å². The number of nitrogens with zero attached hydrogens (tertiary/aromatic N) is 3. The highest BCUT2D eigenvalue weighted by atomic mass is 32.1. The van der Waals surface area contributed by atoms with Crippen molar-refractivity contribution >= 4 is 22.9 Å². The summed E-state index contributed by atoms with van der Waals surface area (Å²) < 4.78 is 6.60. The summed E-state index contributed by atoms with van der Waals surface area (Å²) in [7, 11) is 1.61. The standard InChI is InChI=1S/C16H17N5O2S/c1-23-11-4-2-10(3-5-11)12-6-15(18)21(20-12)14(7-17)16(22)13-8-24-9-19-13/h2-6,8-9,14H,7,17-18H2,1H3. The number of hydrogen-bond acceptors (Lipinski definition) is 7. The maximum atomic E-state index is 12.6. The Labute approximate surface area is 142 Å². The maximum Gasteiger partial charge on any atom is 0.207 e. The van der Waals surface area contributed by atoms with Crippen molar-refractivity contribution in [1.82, 2.24) is 14.8 Å². The van der Waals surface area contributed by atoms with Crippen LogP contribution >= 0.6 is 11.3 Å². The van der Waals surface area contributed by atoms with Gasteiger partial charge in [0.25, 0.3) is 0 Å². The number of carbonyl (C=O) groups excluding carboxylic acids is 1. The summed E-state index contributed by atoms with van der Waals surface area (Å²) in [6, 6.07) is 8.48. The van der Waals surface area contributed by atoms with Crippen molar-refractivity contribution < 1.29 is 9.53 Å². The van der Waals surface area contributed by atoms with Crippen LogP contribution in [0.25, 0.3) is 11.3 Å². The number of methoxy groups -OCH3 is 1. The zero-order chi connectivity index (χ0) is 17.1. The Morgan fingerprint density at radius 3 is 2.71 bits per heavy atom. The number of Topliss-reactive ketones (excluding diaryl/α,β-unsaturated/α-hetero) is 1. The smallest absolute Gasteiger partial charge is 0.207 e. The number of aromatic nitrogens is 3. The SMILES string of the molecule is COc1ccc(-c2cc(N)n(C(CN)C(=O)c3cscn3)n2)cc1. The average molecular weight is 343 g/mol. The molecule has 0 spiro atoms. The molecule has 0 aliphatic rings. The minimum atomic E-state index is -0.681. The third kappa shape index (κ3) is 3.01. The van der Waals surface area contributed by atoms with Gasteiger partial charge in [-0.25, -0.2) is 9.67 Å². The molecule has 2 aromatic heterocycles. The topological polar surface area (TPSA) is 109 Å². The number of thiazole rings is 1. The van der Waals surface area contributed by atoms with Crippen LogP contribution in [0.4, 0.5) is 5.82 Å². The highest BCUT2D eigenvalue weighted by molar-refractivity contribution is 7.07. The molecule has 124 valence electrons. The van der Waals surface area contributed by atoms with Crippen molar-refractivity contribution in [3.63, 3.8) is 0 Å². The Bertz CT molecular complexity index is 827. The van der Waals surface area contributed by atoms with Gasteiger partial charge < -0.3 is 16.2 Å². The predicted octanol–water partition coefficient (Wildman–Crippen LogP) is 1.98. The molecule has 3 rings (SSSR count). The molecule has 0 saturated carbocycles. The lowest BCUT2D eigenvalue weighted by Crippen LogP contribution is -2.29. The molecule has 0 aliphatic heterocycles. The molecule has 3 aromatic rings. The molecule has 1 unspecified atom stereocenters. The second-order valence-corrected chi connectivity index (χ2v) is 5.84. The first-order chi connectivity index (χ1) is 11.6. The van der Waals surface area contributed by atoms with Gasteiger partial charge in [0.15, 0.2) is 0 Å². The zero-order valence-electron chi connectivity index (χ0n) is 13.0. The van der Waals surface area contributed by atoms with Gasteiger partial charge in [-0.3, -0.25) is 4.79 Å². The van der Waals surface area contributed by atoms with Gasteiger partial charge in [-0.05, 0) is 24.3 Å². The fourth-order valence-corrected chi connectivity index (χ4v) is 2.93. The molecular weight excluding hydrogens is 326 g/mol. The van der Waals surface area contributed by atoms with Crippen LogP contribution in [0.15, 0.2) is 41.2 Å². The van der Waals surface area contributed by atoms with Crippen LogP contribution in [0, 0.1) is 0 Å². The summed E-state index contributed by atoms with van der Waals surface area (Å²) in [5.74, 6) is 0.930. The van der Waals surface area contributed by atoms with E-state index in [-0.39, 0.29) is 12.3 Å². The summed E-state index contributed by atoms with van der Waals surface area (Å²) in [6.45, 7) is 0.0876. The number of carbonyl (C=O) groups is 1. The van der Waals surface area contributed by atoms with E-state index in [0.717, 1.165) is 11.3 Å². The maximum absolute atomic E-state index is 12.6. The lowest BCUT2D eigenvalue weighted by Gasteiger charge is -2.14. The van der Waals surface area contributed by atoms with Crippen LogP contribution in [0.5, 0.6) is 5.75 Å². The molecule has 24 heavy (non-hydrogen) atoms. The number of ether oxygens (including phenoxy) is 1. The normalized spacial score (nSPS) is 12.1. The highest BCUT2D eigenvalue weighted by Gasteiger charge is 2.25. The molecule has 4 N–H and O–H groups in total. The summed E-state index contributed by atoms with van der Waals surface area (Å²) in [5.41, 5.74) is 15.4. The summed E-state index contributed by atoms with van der Waals surface area (Å²) >= 11 is 1.36. The Morgan fingerprint density at radius 2 is 2.12 bits per heavy atom. The summed E-state index contributed by atoms with van der Waals surface area (Å²) in [6.07, 6.45) is 0. The number of nitrogen functional groups attached to an aromatic ring is 1. The van der Waals surface area contributed by atoms with E-state index in [1.807, 2.05) is 24.3 Å². The van der Waals surface area contributed by atoms with Crippen molar-refractivity contribution in [2.24, 2.45) is 5.73 Å². The van der Waals surface area contributed by atoms with Gasteiger partial charge >= 0.3 is 0 Å². The van der Waals surface area contributed by atoms with Crippen molar-refractivity contribution in [2.75, 3.05) is 19.4 Å². The summed E-state index contributed by atoms with van der Waals surface area (Å²) in [5, 5.41) is 6.15. The van der Waals surface area contributed by atoms with E-state index in [0.29, 0.717) is 17.2 Å². The Hall–Kier alpha value is -2.71. The molecule has 0 fully saturated rings. The molecule has 8 heteroatoms. The second-order valence-electron chi connectivity index (χ2n) is 5.12. The fraction of sp³-hybridized carbons (Fsp3) is 0.188. The van der Waals surface area contributed by atoms with Gasteiger partial charge in [0.05, 0.1) is 18.3 Å². The first-order valence-electron chi connectivity index (χ1n) is 7.26. The largest absolute Gasteiger partial charge is 0.497 e. The van der Waals surface area contributed by atoms with Crippen LogP contribution in [-0.2, 0) is 0 Å². The van der Waals surface area contributed by atoms with E-state index in [1.165, 1.54) is 16.0 Å². The van der Waals surface area contributed by atoms with Crippen LogP contribution in [0.2, 0.25) is 0 Å². The van der Waals surface area contributed by atoms with Gasteiger partial charge in [-0.15, -0.1) is 11.3 Å². The van der Waals surface area contributed by atoms with E-state index in [1.54, 1.807) is 24.1 Å². The molecule has 2 heterocycles. The van der Waals surface area contributed by atoms with Gasteiger partial charge in [-0.1, -0.05) is 0 Å². The Kier molecular flexibility index (Phi) is 4.59. The van der Waals surface area contributed by atoms with Gasteiger partial charge in [0.1, 0.15) is 23.3 Å². The van der Waals surface area contributed by atoms with Gasteiger partial charge in [0.2, 0.25) is 5.78 Å². The number of nitrogens with two attached hydrogens (primary N) is 2. The van der Waals surface area contributed by atoms with E-state index in [4.69, 9.17) is 16.2 Å². The Balaban J connectivity index is 1.93. The first kappa shape index (κ1) is 16.2. The predicted molar refractivity (Wildman–Crippen MR) is 93.2 cm³/mol. The average Bonchev–Trinajstić information content (AvgIpc) is 3.26. The second kappa shape index (κ2) is 6.81. The number of anilines is 1. The quantitative estimate of drug-likeness (QED) is 0.662. The van der Waals surface area contributed by atoms with Crippen molar-refractivity contribution in [3.05, 3.63) is 46.9 Å². The van der Waals surface area contributed by atoms with E-state index < -0.39 is 6.04 Å². The van der Waals surface area contributed by atoms with Crippen molar-refractivity contribution in [3.8, 4) is 17.0 Å². The first-order valence-corrected chi connectivity index (χ1v) is 8.20. The third-order valence-corrected chi connectivity index (χ3v) is 4.24. The van der Waals surface area contributed by atoms with Gasteiger partial charge in [0, 0.05) is 23.6 Å². The van der Waals surface area contributed by atoms with E-state index in [9.17, 15) is 4.79 Å². The molecular formula is C16H17N5O2S. The zero-order valence-corrected chi connectivity index (χ0v) is 13.9. The third-order valence-electron chi connectivity index (χ3n) is 3.66. The van der Waals surface area contributed by atoms with Crippen LogP contribution in [-0.4, -0.2) is 34.2 Å². The molecule has 0 bridgehead atoms. The fourth-order valence-electron chi connectivity index (χ4n) is 2.38. The lowest BCUT2D eigenvalue weighted by molar-refractivity contribution is 0.0919. The van der Waals surface area contributed by atoms with Gasteiger partial charge in [-0.2, -0.15) is 5.10 Å². The minimum Gasteiger partial charge on any atom is -0.497 e. The van der Waals surface area contributed by atoms with Crippen LogP contribution in [0.1, 0.15) is 16.5 Å². The molecule has 0 radical (unpaired) electrons. The monoisotopic (exact) mass is 343 g/mol. The van der Waals surface area contributed by atoms with Crippen molar-refractivity contribution in [1.29, 1.82) is 0 Å². The molecule has 0 amide bonds. The van der Waals surface area contributed by atoms with E-state index >= 15 is 0 Å². The van der Waals surface area contributed by atoms with Crippen LogP contribution < -0.4 is 16.2 Å². The highest BCUT2D eigenvalue weighted by Crippen LogP contribution is 2.25. The molecule has 1 atom stereocenters. The number of rotatable bonds is 6.